The molecule has 4 rings (SSSR count). The third kappa shape index (κ3) is 2.96. The Morgan fingerprint density at radius 2 is 1.64 bits per heavy atom. The fourth-order valence-corrected chi connectivity index (χ4v) is 4.55. The van der Waals surface area contributed by atoms with Gasteiger partial charge in [-0.1, -0.05) is 60.7 Å². The van der Waals surface area contributed by atoms with E-state index >= 15 is 0 Å². The van der Waals surface area contributed by atoms with Gasteiger partial charge in [0.1, 0.15) is 5.60 Å². The molecule has 0 radical (unpaired) electrons. The molecular weight excluding hydrogens is 352 g/mol. The number of hydrogen-bond donors (Lipinski definition) is 0. The number of hydrogen-bond acceptors (Lipinski definition) is 4. The van der Waals surface area contributed by atoms with Crippen LogP contribution < -0.4 is 0 Å². The molecule has 0 aromatic heterocycles. The van der Waals surface area contributed by atoms with Crippen LogP contribution in [0.3, 0.4) is 0 Å². The highest BCUT2D eigenvalue weighted by Gasteiger charge is 2.68. The first-order chi connectivity index (χ1) is 13.3. The molecule has 4 nitrogen and oxygen atoms in total. The van der Waals surface area contributed by atoms with Crippen molar-refractivity contribution in [1.29, 1.82) is 0 Å². The smallest absolute Gasteiger partial charge is 0.347 e. The summed E-state index contributed by atoms with van der Waals surface area (Å²) in [6.07, 6.45) is 1.45. The van der Waals surface area contributed by atoms with Crippen LogP contribution in [0.4, 0.5) is 0 Å². The maximum Gasteiger partial charge on any atom is 0.347 e. The van der Waals surface area contributed by atoms with E-state index in [4.69, 9.17) is 9.47 Å². The molecule has 4 heteroatoms. The number of carbonyl (C=O) groups excluding carboxylic acids is 2. The number of ether oxygens (including phenoxy) is 2. The lowest BCUT2D eigenvalue weighted by molar-refractivity contribution is -0.202. The Bertz CT molecular complexity index is 884. The highest BCUT2D eigenvalue weighted by molar-refractivity contribution is 6.09. The molecule has 2 saturated heterocycles. The van der Waals surface area contributed by atoms with Crippen molar-refractivity contribution in [1.82, 2.24) is 0 Å². The van der Waals surface area contributed by atoms with Crippen LogP contribution in [-0.2, 0) is 24.7 Å². The van der Waals surface area contributed by atoms with Gasteiger partial charge in [0.05, 0.1) is 5.60 Å². The topological polar surface area (TPSA) is 52.6 Å². The Labute approximate surface area is 165 Å². The van der Waals surface area contributed by atoms with Crippen molar-refractivity contribution in [3.63, 3.8) is 0 Å². The zero-order chi connectivity index (χ0) is 20.0. The summed E-state index contributed by atoms with van der Waals surface area (Å²) in [4.78, 5) is 26.6. The monoisotopic (exact) mass is 378 g/mol. The summed E-state index contributed by atoms with van der Waals surface area (Å²) in [5.74, 6) is -1.13. The van der Waals surface area contributed by atoms with Gasteiger partial charge in [-0.2, -0.15) is 0 Å². The van der Waals surface area contributed by atoms with Gasteiger partial charge in [-0.25, -0.2) is 4.79 Å². The Hall–Kier alpha value is -2.46. The molecule has 2 aliphatic rings. The third-order valence-corrected chi connectivity index (χ3v) is 5.76. The van der Waals surface area contributed by atoms with Crippen LogP contribution in [0.1, 0.15) is 57.1 Å². The highest BCUT2D eigenvalue weighted by atomic mass is 16.6. The first-order valence-corrected chi connectivity index (χ1v) is 9.84. The van der Waals surface area contributed by atoms with Crippen LogP contribution in [0.5, 0.6) is 0 Å². The molecule has 0 unspecified atom stereocenters. The van der Waals surface area contributed by atoms with Crippen molar-refractivity contribution < 1.29 is 19.1 Å². The molecule has 2 aromatic rings. The number of rotatable bonds is 3. The largest absolute Gasteiger partial charge is 0.457 e. The van der Waals surface area contributed by atoms with Crippen molar-refractivity contribution in [2.45, 2.75) is 62.8 Å². The molecule has 2 bridgehead atoms. The summed E-state index contributed by atoms with van der Waals surface area (Å²) in [5.41, 5.74) is -1.02. The highest BCUT2D eigenvalue weighted by Crippen LogP contribution is 2.59. The quantitative estimate of drug-likeness (QED) is 0.582. The molecule has 0 spiro atoms. The first-order valence-electron chi connectivity index (χ1n) is 9.84. The molecule has 146 valence electrons. The maximum absolute atomic E-state index is 13.4. The Balaban J connectivity index is 1.86. The fourth-order valence-electron chi connectivity index (χ4n) is 4.55. The van der Waals surface area contributed by atoms with Gasteiger partial charge in [-0.05, 0) is 44.7 Å². The molecule has 0 saturated carbocycles. The number of benzene rings is 2. The Kier molecular flexibility index (Phi) is 4.42. The number of ketones is 1. The standard InChI is InChI=1S/C24H26O4/c1-22(2,3)27-21(26)24-19(17-10-6-4-7-11-17)16-23(28-24,15-14-20(24)25)18-12-8-5-9-13-18/h4-13,19H,14-16H2,1-3H3/t19-,23-,24-/m1/s1. The van der Waals surface area contributed by atoms with Gasteiger partial charge in [0.15, 0.2) is 5.78 Å². The number of esters is 1. The van der Waals surface area contributed by atoms with Gasteiger partial charge in [0, 0.05) is 12.3 Å². The van der Waals surface area contributed by atoms with Crippen molar-refractivity contribution >= 4 is 11.8 Å². The molecule has 0 aliphatic carbocycles. The van der Waals surface area contributed by atoms with Gasteiger partial charge < -0.3 is 9.47 Å². The minimum Gasteiger partial charge on any atom is -0.457 e. The lowest BCUT2D eigenvalue weighted by atomic mass is 9.78. The van der Waals surface area contributed by atoms with Gasteiger partial charge in [-0.3, -0.25) is 4.79 Å². The van der Waals surface area contributed by atoms with E-state index in [1.807, 2.05) is 81.4 Å². The minimum absolute atomic E-state index is 0.181. The van der Waals surface area contributed by atoms with Crippen LogP contribution in [0, 0.1) is 0 Å². The molecule has 0 amide bonds. The number of Topliss-reactive ketones (excluding diaryl/α,β-unsaturated/α-hetero) is 1. The van der Waals surface area contributed by atoms with Crippen LogP contribution in [0.2, 0.25) is 0 Å². The second kappa shape index (κ2) is 6.56. The predicted molar refractivity (Wildman–Crippen MR) is 106 cm³/mol. The zero-order valence-electron chi connectivity index (χ0n) is 16.6. The molecule has 28 heavy (non-hydrogen) atoms. The van der Waals surface area contributed by atoms with E-state index in [0.29, 0.717) is 19.3 Å². The van der Waals surface area contributed by atoms with E-state index in [2.05, 4.69) is 0 Å². The van der Waals surface area contributed by atoms with E-state index in [1.54, 1.807) is 0 Å². The summed E-state index contributed by atoms with van der Waals surface area (Å²) < 4.78 is 12.2. The van der Waals surface area contributed by atoms with Crippen LogP contribution in [0.15, 0.2) is 60.7 Å². The molecule has 2 aromatic carbocycles. The van der Waals surface area contributed by atoms with Gasteiger partial charge in [-0.15, -0.1) is 0 Å². The van der Waals surface area contributed by atoms with E-state index in [0.717, 1.165) is 11.1 Å². The predicted octanol–water partition coefficient (Wildman–Crippen LogP) is 4.53. The average molecular weight is 378 g/mol. The number of fused-ring (bicyclic) bond motifs is 2. The molecule has 0 N–H and O–H groups in total. The summed E-state index contributed by atoms with van der Waals surface area (Å²) in [6, 6.07) is 19.6. The second-order valence-electron chi connectivity index (χ2n) is 8.79. The van der Waals surface area contributed by atoms with E-state index in [1.165, 1.54) is 0 Å². The lowest BCUT2D eigenvalue weighted by Gasteiger charge is -2.40. The van der Waals surface area contributed by atoms with E-state index in [-0.39, 0.29) is 11.7 Å². The Morgan fingerprint density at radius 1 is 1.04 bits per heavy atom. The van der Waals surface area contributed by atoms with Crippen LogP contribution in [-0.4, -0.2) is 23.0 Å². The SMILES string of the molecule is CC(C)(C)OC(=O)[C@]12O[C@](c3ccccc3)(CCC1=O)C[C@@H]2c1ccccc1. The summed E-state index contributed by atoms with van der Waals surface area (Å²) >= 11 is 0. The second-order valence-corrected chi connectivity index (χ2v) is 8.79. The van der Waals surface area contributed by atoms with Gasteiger partial charge in [0.25, 0.3) is 0 Å². The van der Waals surface area contributed by atoms with Crippen molar-refractivity contribution in [2.75, 3.05) is 0 Å². The zero-order valence-corrected chi connectivity index (χ0v) is 16.6. The minimum atomic E-state index is -1.59. The van der Waals surface area contributed by atoms with E-state index < -0.39 is 22.8 Å². The fraction of sp³-hybridized carbons (Fsp3) is 0.417. The van der Waals surface area contributed by atoms with Crippen molar-refractivity contribution in [3.8, 4) is 0 Å². The third-order valence-electron chi connectivity index (χ3n) is 5.76. The average Bonchev–Trinajstić information content (AvgIpc) is 2.98. The summed E-state index contributed by atoms with van der Waals surface area (Å²) in [5, 5.41) is 0. The maximum atomic E-state index is 13.4. The molecule has 3 atom stereocenters. The van der Waals surface area contributed by atoms with E-state index in [9.17, 15) is 9.59 Å². The molecule has 2 aliphatic heterocycles. The van der Waals surface area contributed by atoms with Crippen molar-refractivity contribution in [3.05, 3.63) is 71.8 Å². The summed E-state index contributed by atoms with van der Waals surface area (Å²) in [6.45, 7) is 5.43. The molecule has 2 heterocycles. The molecular formula is C24H26O4. The Morgan fingerprint density at radius 3 is 2.25 bits per heavy atom. The van der Waals surface area contributed by atoms with Crippen LogP contribution in [0.25, 0.3) is 0 Å². The molecule has 2 fully saturated rings. The van der Waals surface area contributed by atoms with Crippen LogP contribution >= 0.6 is 0 Å². The van der Waals surface area contributed by atoms with Gasteiger partial charge in [0.2, 0.25) is 5.60 Å². The normalized spacial score (nSPS) is 29.5. The summed E-state index contributed by atoms with van der Waals surface area (Å²) in [7, 11) is 0. The number of carbonyl (C=O) groups is 2. The van der Waals surface area contributed by atoms with Gasteiger partial charge >= 0.3 is 5.97 Å². The lowest BCUT2D eigenvalue weighted by Crippen LogP contribution is -2.56. The van der Waals surface area contributed by atoms with Crippen molar-refractivity contribution in [2.24, 2.45) is 0 Å². The first kappa shape index (κ1) is 18.9.